The van der Waals surface area contributed by atoms with Crippen LogP contribution in [0.3, 0.4) is 0 Å². The van der Waals surface area contributed by atoms with E-state index in [4.69, 9.17) is 0 Å². The standard InChI is InChI=1S/C11H14O4S/c1-11(2,3)10-5-4-9(16(13,14)15)6-8(10)7-12/h4-7H,1-3H3,(H,13,14,15)/p-1. The summed E-state index contributed by atoms with van der Waals surface area (Å²) in [5.74, 6) is 0. The van der Waals surface area contributed by atoms with Crippen molar-refractivity contribution < 1.29 is 17.8 Å². The lowest BCUT2D eigenvalue weighted by Crippen LogP contribution is -2.15. The van der Waals surface area contributed by atoms with Crippen molar-refractivity contribution in [1.29, 1.82) is 0 Å². The average molecular weight is 241 g/mol. The number of benzene rings is 1. The van der Waals surface area contributed by atoms with Crippen molar-refractivity contribution in [3.63, 3.8) is 0 Å². The van der Waals surface area contributed by atoms with E-state index < -0.39 is 10.1 Å². The topological polar surface area (TPSA) is 74.3 Å². The molecular formula is C11H13O4S-. The predicted molar refractivity (Wildman–Crippen MR) is 58.5 cm³/mol. The summed E-state index contributed by atoms with van der Waals surface area (Å²) >= 11 is 0. The summed E-state index contributed by atoms with van der Waals surface area (Å²) < 4.78 is 32.4. The van der Waals surface area contributed by atoms with Crippen molar-refractivity contribution in [2.24, 2.45) is 0 Å². The van der Waals surface area contributed by atoms with E-state index in [0.29, 0.717) is 6.29 Å². The van der Waals surface area contributed by atoms with Gasteiger partial charge in [-0.15, -0.1) is 0 Å². The molecule has 0 aliphatic heterocycles. The van der Waals surface area contributed by atoms with E-state index in [2.05, 4.69) is 0 Å². The van der Waals surface area contributed by atoms with Crippen LogP contribution in [0, 0.1) is 0 Å². The first kappa shape index (κ1) is 12.9. The zero-order valence-electron chi connectivity index (χ0n) is 9.35. The minimum Gasteiger partial charge on any atom is -0.744 e. The lowest BCUT2D eigenvalue weighted by Gasteiger charge is -2.21. The predicted octanol–water partition coefficient (Wildman–Crippen LogP) is 1.70. The van der Waals surface area contributed by atoms with Gasteiger partial charge in [-0.3, -0.25) is 4.79 Å². The summed E-state index contributed by atoms with van der Waals surface area (Å²) in [6, 6.07) is 3.86. The molecule has 0 unspecified atom stereocenters. The van der Waals surface area contributed by atoms with Crippen LogP contribution in [0.1, 0.15) is 36.7 Å². The van der Waals surface area contributed by atoms with Gasteiger partial charge in [0.15, 0.2) is 0 Å². The molecule has 88 valence electrons. The maximum absolute atomic E-state index is 10.9. The molecule has 4 nitrogen and oxygen atoms in total. The van der Waals surface area contributed by atoms with Gasteiger partial charge < -0.3 is 4.55 Å². The van der Waals surface area contributed by atoms with Crippen LogP contribution in [0.2, 0.25) is 0 Å². The highest BCUT2D eigenvalue weighted by atomic mass is 32.2. The molecule has 0 bridgehead atoms. The second-order valence-corrected chi connectivity index (χ2v) is 5.95. The van der Waals surface area contributed by atoms with Gasteiger partial charge in [0.2, 0.25) is 0 Å². The van der Waals surface area contributed by atoms with Crippen LogP contribution >= 0.6 is 0 Å². The third kappa shape index (κ3) is 2.68. The highest BCUT2D eigenvalue weighted by Crippen LogP contribution is 2.26. The third-order valence-corrected chi connectivity index (χ3v) is 3.08. The second-order valence-electron chi connectivity index (χ2n) is 4.57. The summed E-state index contributed by atoms with van der Waals surface area (Å²) in [6.45, 7) is 5.71. The van der Waals surface area contributed by atoms with Crippen LogP contribution in [0.25, 0.3) is 0 Å². The molecule has 5 heteroatoms. The fourth-order valence-electron chi connectivity index (χ4n) is 1.48. The molecule has 1 rings (SSSR count). The van der Waals surface area contributed by atoms with Crippen LogP contribution < -0.4 is 0 Å². The van der Waals surface area contributed by atoms with Gasteiger partial charge in [-0.05, 0) is 23.1 Å². The van der Waals surface area contributed by atoms with Gasteiger partial charge in [-0.2, -0.15) is 0 Å². The summed E-state index contributed by atoms with van der Waals surface area (Å²) in [5.41, 5.74) is 0.681. The van der Waals surface area contributed by atoms with Crippen molar-refractivity contribution in [3.8, 4) is 0 Å². The average Bonchev–Trinajstić information content (AvgIpc) is 2.14. The molecule has 0 aromatic heterocycles. The van der Waals surface area contributed by atoms with E-state index in [1.165, 1.54) is 12.1 Å². The van der Waals surface area contributed by atoms with Crippen molar-refractivity contribution in [3.05, 3.63) is 29.3 Å². The van der Waals surface area contributed by atoms with Gasteiger partial charge in [0.25, 0.3) is 0 Å². The molecular weight excluding hydrogens is 228 g/mol. The first-order chi connectivity index (χ1) is 7.16. The van der Waals surface area contributed by atoms with Crippen LogP contribution in [0.15, 0.2) is 23.1 Å². The minimum absolute atomic E-state index is 0.240. The Hall–Kier alpha value is -1.20. The fraction of sp³-hybridized carbons (Fsp3) is 0.364. The fourth-order valence-corrected chi connectivity index (χ4v) is 1.98. The number of aldehydes is 1. The Morgan fingerprint density at radius 3 is 2.19 bits per heavy atom. The number of carbonyl (C=O) groups is 1. The number of hydrogen-bond acceptors (Lipinski definition) is 4. The Kier molecular flexibility index (Phi) is 3.21. The molecule has 0 N–H and O–H groups in total. The Bertz CT molecular complexity index is 509. The molecule has 0 heterocycles. The van der Waals surface area contributed by atoms with Crippen LogP contribution in [0.5, 0.6) is 0 Å². The molecule has 0 saturated carbocycles. The Morgan fingerprint density at radius 2 is 1.81 bits per heavy atom. The van der Waals surface area contributed by atoms with E-state index in [9.17, 15) is 17.8 Å². The summed E-state index contributed by atoms with van der Waals surface area (Å²) in [7, 11) is -4.51. The maximum Gasteiger partial charge on any atom is 0.150 e. The monoisotopic (exact) mass is 241 g/mol. The molecule has 0 aliphatic rings. The van der Waals surface area contributed by atoms with Gasteiger partial charge in [0.05, 0.1) is 4.90 Å². The molecule has 0 fully saturated rings. The largest absolute Gasteiger partial charge is 0.744 e. The zero-order chi connectivity index (χ0) is 12.6. The molecule has 0 atom stereocenters. The van der Waals surface area contributed by atoms with E-state index in [1.807, 2.05) is 20.8 Å². The van der Waals surface area contributed by atoms with E-state index in [1.54, 1.807) is 0 Å². The molecule has 0 radical (unpaired) electrons. The van der Waals surface area contributed by atoms with Gasteiger partial charge in [0, 0.05) is 5.56 Å². The van der Waals surface area contributed by atoms with Gasteiger partial charge in [-0.1, -0.05) is 26.8 Å². The zero-order valence-corrected chi connectivity index (χ0v) is 10.2. The SMILES string of the molecule is CC(C)(C)c1ccc(S(=O)(=O)[O-])cc1C=O. The number of rotatable bonds is 2. The number of hydrogen-bond donors (Lipinski definition) is 0. The highest BCUT2D eigenvalue weighted by molar-refractivity contribution is 7.85. The lowest BCUT2D eigenvalue weighted by atomic mass is 9.84. The summed E-state index contributed by atoms with van der Waals surface area (Å²) in [5, 5.41) is 0. The Labute approximate surface area is 95.0 Å². The van der Waals surface area contributed by atoms with Crippen LogP contribution in [0.4, 0.5) is 0 Å². The maximum atomic E-state index is 10.9. The van der Waals surface area contributed by atoms with E-state index in [-0.39, 0.29) is 15.9 Å². The normalized spacial score (nSPS) is 12.5. The molecule has 0 spiro atoms. The van der Waals surface area contributed by atoms with Gasteiger partial charge in [-0.25, -0.2) is 8.42 Å². The Morgan fingerprint density at radius 1 is 1.25 bits per heavy atom. The minimum atomic E-state index is -4.51. The van der Waals surface area contributed by atoms with E-state index >= 15 is 0 Å². The van der Waals surface area contributed by atoms with Crippen LogP contribution in [-0.2, 0) is 15.5 Å². The van der Waals surface area contributed by atoms with Crippen molar-refractivity contribution in [2.45, 2.75) is 31.1 Å². The first-order valence-electron chi connectivity index (χ1n) is 4.72. The number of carbonyl (C=O) groups excluding carboxylic acids is 1. The first-order valence-corrected chi connectivity index (χ1v) is 6.12. The van der Waals surface area contributed by atoms with Crippen LogP contribution in [-0.4, -0.2) is 19.3 Å². The highest BCUT2D eigenvalue weighted by Gasteiger charge is 2.18. The molecule has 1 aromatic rings. The summed E-state index contributed by atoms with van der Waals surface area (Å²) in [4.78, 5) is 10.5. The second kappa shape index (κ2) is 3.99. The molecule has 0 aliphatic carbocycles. The van der Waals surface area contributed by atoms with Gasteiger partial charge >= 0.3 is 0 Å². The molecule has 0 amide bonds. The molecule has 16 heavy (non-hydrogen) atoms. The smallest absolute Gasteiger partial charge is 0.150 e. The lowest BCUT2D eigenvalue weighted by molar-refractivity contribution is 0.112. The Balaban J connectivity index is 3.46. The van der Waals surface area contributed by atoms with E-state index in [0.717, 1.165) is 11.6 Å². The quantitative estimate of drug-likeness (QED) is 0.583. The molecule has 0 saturated heterocycles. The van der Waals surface area contributed by atoms with Crippen molar-refractivity contribution >= 4 is 16.4 Å². The third-order valence-electron chi connectivity index (χ3n) is 2.25. The van der Waals surface area contributed by atoms with Crippen molar-refractivity contribution in [2.75, 3.05) is 0 Å². The van der Waals surface area contributed by atoms with Gasteiger partial charge in [0.1, 0.15) is 16.4 Å². The summed E-state index contributed by atoms with van der Waals surface area (Å²) in [6.07, 6.45) is 0.565. The van der Waals surface area contributed by atoms with Crippen molar-refractivity contribution in [1.82, 2.24) is 0 Å². The molecule has 1 aromatic carbocycles.